The molecule has 27 heavy (non-hydrogen) atoms. The second-order valence-corrected chi connectivity index (χ2v) is 9.48. The summed E-state index contributed by atoms with van der Waals surface area (Å²) in [7, 11) is -3.67. The van der Waals surface area contributed by atoms with Crippen molar-refractivity contribution in [3.8, 4) is 0 Å². The zero-order valence-electron chi connectivity index (χ0n) is 16.4. The quantitative estimate of drug-likeness (QED) is 0.684. The molecule has 2 aromatic rings. The van der Waals surface area contributed by atoms with Crippen molar-refractivity contribution in [1.29, 1.82) is 0 Å². The number of aryl methyl sites for hydroxylation is 1. The van der Waals surface area contributed by atoms with Gasteiger partial charge >= 0.3 is 0 Å². The third-order valence-electron chi connectivity index (χ3n) is 4.50. The van der Waals surface area contributed by atoms with Crippen molar-refractivity contribution in [2.24, 2.45) is 5.92 Å². The van der Waals surface area contributed by atoms with E-state index < -0.39 is 16.1 Å². The molecule has 148 valence electrons. The molecule has 6 heteroatoms. The van der Waals surface area contributed by atoms with Gasteiger partial charge < -0.3 is 10.8 Å². The van der Waals surface area contributed by atoms with Crippen LogP contribution >= 0.6 is 0 Å². The zero-order chi connectivity index (χ0) is 20.0. The Bertz CT molecular complexity index is 805. The van der Waals surface area contributed by atoms with Gasteiger partial charge in [0.2, 0.25) is 10.0 Å². The molecule has 4 N–H and O–H groups in total. The maximum absolute atomic E-state index is 13.1. The number of sulfonamides is 1. The molecular formula is C21H31N2O3S+. The van der Waals surface area contributed by atoms with Gasteiger partial charge in [-0.05, 0) is 30.5 Å². The van der Waals surface area contributed by atoms with E-state index in [4.69, 9.17) is 0 Å². The van der Waals surface area contributed by atoms with Crippen molar-refractivity contribution < 1.29 is 19.3 Å². The molecule has 2 rings (SSSR count). The monoisotopic (exact) mass is 391 g/mol. The zero-order valence-corrected chi connectivity index (χ0v) is 17.2. The van der Waals surface area contributed by atoms with Gasteiger partial charge in [0.15, 0.2) is 0 Å². The topological polar surface area (TPSA) is 85.2 Å². The van der Waals surface area contributed by atoms with E-state index in [2.05, 4.69) is 5.73 Å². The van der Waals surface area contributed by atoms with E-state index in [0.29, 0.717) is 13.0 Å². The van der Waals surface area contributed by atoms with Crippen LogP contribution in [-0.4, -0.2) is 43.1 Å². The summed E-state index contributed by atoms with van der Waals surface area (Å²) in [5.74, 6) is 0.148. The highest BCUT2D eigenvalue weighted by molar-refractivity contribution is 7.89. The van der Waals surface area contributed by atoms with E-state index in [1.807, 2.05) is 51.1 Å². The van der Waals surface area contributed by atoms with E-state index >= 15 is 0 Å². The summed E-state index contributed by atoms with van der Waals surface area (Å²) in [6.45, 7) is 6.25. The number of hydrogen-bond acceptors (Lipinski definition) is 3. The molecule has 5 nitrogen and oxygen atoms in total. The summed E-state index contributed by atoms with van der Waals surface area (Å²) in [5.41, 5.74) is 6.14. The van der Waals surface area contributed by atoms with Crippen LogP contribution in [0.15, 0.2) is 59.5 Å². The van der Waals surface area contributed by atoms with Crippen LogP contribution in [0.5, 0.6) is 0 Å². The molecule has 2 unspecified atom stereocenters. The van der Waals surface area contributed by atoms with E-state index in [1.165, 1.54) is 4.31 Å². The highest BCUT2D eigenvalue weighted by atomic mass is 32.2. The van der Waals surface area contributed by atoms with Crippen molar-refractivity contribution >= 4 is 10.0 Å². The molecule has 0 aromatic heterocycles. The highest BCUT2D eigenvalue weighted by Crippen LogP contribution is 2.19. The Morgan fingerprint density at radius 2 is 1.59 bits per heavy atom. The average molecular weight is 392 g/mol. The Morgan fingerprint density at radius 1 is 1.00 bits per heavy atom. The van der Waals surface area contributed by atoms with Crippen molar-refractivity contribution in [2.45, 2.75) is 44.2 Å². The molecular weight excluding hydrogens is 360 g/mol. The predicted molar refractivity (Wildman–Crippen MR) is 108 cm³/mol. The molecule has 0 heterocycles. The van der Waals surface area contributed by atoms with Crippen LogP contribution < -0.4 is 5.73 Å². The molecule has 2 aromatic carbocycles. The normalized spacial score (nSPS) is 14.5. The lowest BCUT2D eigenvalue weighted by molar-refractivity contribution is -0.437. The first-order valence-corrected chi connectivity index (χ1v) is 10.8. The van der Waals surface area contributed by atoms with Gasteiger partial charge in [0.25, 0.3) is 0 Å². The first kappa shape index (κ1) is 21.6. The maximum Gasteiger partial charge on any atom is 0.243 e. The first-order valence-electron chi connectivity index (χ1n) is 9.32. The predicted octanol–water partition coefficient (Wildman–Crippen LogP) is 1.86. The van der Waals surface area contributed by atoms with Gasteiger partial charge in [-0.25, -0.2) is 8.42 Å². The second kappa shape index (κ2) is 9.46. The van der Waals surface area contributed by atoms with Crippen LogP contribution in [0.3, 0.4) is 0 Å². The Labute approximate surface area is 162 Å². The smallest absolute Gasteiger partial charge is 0.243 e. The summed E-state index contributed by atoms with van der Waals surface area (Å²) in [6, 6.07) is 16.3. The van der Waals surface area contributed by atoms with E-state index in [9.17, 15) is 13.5 Å². The molecule has 0 saturated carbocycles. The molecule has 2 atom stereocenters. The number of hydrogen-bond donors (Lipinski definition) is 2. The summed E-state index contributed by atoms with van der Waals surface area (Å²) in [6.07, 6.45) is -0.244. The van der Waals surface area contributed by atoms with Crippen LogP contribution in [0.1, 0.15) is 25.0 Å². The van der Waals surface area contributed by atoms with Crippen molar-refractivity contribution in [3.63, 3.8) is 0 Å². The summed E-state index contributed by atoms with van der Waals surface area (Å²) in [4.78, 5) is 0.254. The number of aliphatic hydroxyl groups excluding tert-OH is 1. The standard InChI is InChI=1S/C21H30N2O3S/c1-16(2)14-23(27(25,26)19-11-9-17(3)10-12-19)15-21(24)20(22)13-18-7-5-4-6-8-18/h4-12,16,20-21,24H,13-15,22H2,1-3H3/p+1. The fourth-order valence-corrected chi connectivity index (χ4v) is 4.57. The lowest BCUT2D eigenvalue weighted by Gasteiger charge is -2.27. The summed E-state index contributed by atoms with van der Waals surface area (Å²) in [5, 5.41) is 10.6. The van der Waals surface area contributed by atoms with Crippen molar-refractivity contribution in [2.75, 3.05) is 13.1 Å². The molecule has 0 aliphatic carbocycles. The summed E-state index contributed by atoms with van der Waals surface area (Å²) >= 11 is 0. The fourth-order valence-electron chi connectivity index (χ4n) is 2.95. The van der Waals surface area contributed by atoms with Crippen LogP contribution in [0.2, 0.25) is 0 Å². The third kappa shape index (κ3) is 6.14. The van der Waals surface area contributed by atoms with Gasteiger partial charge in [0, 0.05) is 19.5 Å². The van der Waals surface area contributed by atoms with E-state index in [0.717, 1.165) is 11.1 Å². The van der Waals surface area contributed by atoms with Crippen molar-refractivity contribution in [1.82, 2.24) is 4.31 Å². The summed E-state index contributed by atoms with van der Waals surface area (Å²) < 4.78 is 27.6. The third-order valence-corrected chi connectivity index (χ3v) is 6.35. The minimum atomic E-state index is -3.67. The van der Waals surface area contributed by atoms with Crippen LogP contribution in [0.25, 0.3) is 0 Å². The molecule has 0 bridgehead atoms. The average Bonchev–Trinajstić information content (AvgIpc) is 2.62. The van der Waals surface area contributed by atoms with Crippen LogP contribution in [0.4, 0.5) is 0 Å². The molecule has 0 radical (unpaired) electrons. The minimum Gasteiger partial charge on any atom is -0.386 e. The van der Waals surface area contributed by atoms with Gasteiger partial charge in [-0.3, -0.25) is 0 Å². The Morgan fingerprint density at radius 3 is 2.15 bits per heavy atom. The number of benzene rings is 2. The first-order chi connectivity index (χ1) is 12.7. The molecule has 0 amide bonds. The second-order valence-electron chi connectivity index (χ2n) is 7.55. The highest BCUT2D eigenvalue weighted by Gasteiger charge is 2.30. The molecule has 0 fully saturated rings. The lowest BCUT2D eigenvalue weighted by Crippen LogP contribution is -2.69. The van der Waals surface area contributed by atoms with E-state index in [-0.39, 0.29) is 23.4 Å². The molecule has 0 aliphatic heterocycles. The number of aliphatic hydroxyl groups is 1. The van der Waals surface area contributed by atoms with Crippen LogP contribution in [0, 0.1) is 12.8 Å². The number of quaternary nitrogens is 1. The van der Waals surface area contributed by atoms with Gasteiger partial charge in [-0.1, -0.05) is 61.9 Å². The Kier molecular flexibility index (Phi) is 7.56. The van der Waals surface area contributed by atoms with Gasteiger partial charge in [0.05, 0.1) is 4.90 Å². The number of rotatable bonds is 9. The van der Waals surface area contributed by atoms with Gasteiger partial charge in [-0.15, -0.1) is 0 Å². The molecule has 0 aliphatic rings. The van der Waals surface area contributed by atoms with Crippen molar-refractivity contribution in [3.05, 3.63) is 65.7 Å². The molecule has 0 spiro atoms. The Balaban J connectivity index is 2.16. The molecule has 0 saturated heterocycles. The van der Waals surface area contributed by atoms with Crippen LogP contribution in [-0.2, 0) is 16.4 Å². The largest absolute Gasteiger partial charge is 0.386 e. The Hall–Kier alpha value is -1.73. The fraction of sp³-hybridized carbons (Fsp3) is 0.429. The van der Waals surface area contributed by atoms with Gasteiger partial charge in [0.1, 0.15) is 12.1 Å². The minimum absolute atomic E-state index is 0.0371. The maximum atomic E-state index is 13.1. The number of nitrogens with zero attached hydrogens (tertiary/aromatic N) is 1. The van der Waals surface area contributed by atoms with E-state index in [1.54, 1.807) is 24.3 Å². The van der Waals surface area contributed by atoms with Gasteiger partial charge in [-0.2, -0.15) is 4.31 Å². The lowest BCUT2D eigenvalue weighted by atomic mass is 10.0. The SMILES string of the molecule is Cc1ccc(S(=O)(=O)N(CC(C)C)CC(O)C([NH3+])Cc2ccccc2)cc1.